The van der Waals surface area contributed by atoms with Gasteiger partial charge in [0.25, 0.3) is 5.91 Å². The van der Waals surface area contributed by atoms with Gasteiger partial charge in [0, 0.05) is 19.6 Å². The fourth-order valence-corrected chi connectivity index (χ4v) is 3.53. The summed E-state index contributed by atoms with van der Waals surface area (Å²) < 4.78 is 30.6. The molecule has 1 saturated heterocycles. The molecule has 1 aromatic carbocycles. The lowest BCUT2D eigenvalue weighted by Crippen LogP contribution is -2.43. The molecule has 0 unspecified atom stereocenters. The summed E-state index contributed by atoms with van der Waals surface area (Å²) in [5.41, 5.74) is 0.336. The van der Waals surface area contributed by atoms with Crippen LogP contribution in [0.1, 0.15) is 10.4 Å². The molecule has 0 atom stereocenters. The Morgan fingerprint density at radius 1 is 1.29 bits per heavy atom. The summed E-state index contributed by atoms with van der Waals surface area (Å²) in [6.45, 7) is 1.59. The Kier molecular flexibility index (Phi) is 5.58. The number of benzene rings is 1. The number of ether oxygens (including phenoxy) is 1. The van der Waals surface area contributed by atoms with Crippen molar-refractivity contribution in [2.45, 2.75) is 0 Å². The number of carbonyl (C=O) groups excluding carboxylic acids is 1. The molecular weight excluding hydrogens is 316 g/mol. The summed E-state index contributed by atoms with van der Waals surface area (Å²) in [6.07, 6.45) is 0. The summed E-state index contributed by atoms with van der Waals surface area (Å²) in [4.78, 5) is 11.9. The first-order valence-electron chi connectivity index (χ1n) is 6.59. The van der Waals surface area contributed by atoms with Crippen molar-refractivity contribution in [2.75, 3.05) is 38.6 Å². The quantitative estimate of drug-likeness (QED) is 0.862. The van der Waals surface area contributed by atoms with Crippen molar-refractivity contribution >= 4 is 27.5 Å². The van der Waals surface area contributed by atoms with Crippen LogP contribution < -0.4 is 5.32 Å². The molecule has 2 rings (SSSR count). The fraction of sp³-hybridized carbons (Fsp3) is 0.462. The lowest BCUT2D eigenvalue weighted by atomic mass is 10.2. The second-order valence-corrected chi connectivity index (χ2v) is 7.06. The molecule has 0 spiro atoms. The summed E-state index contributed by atoms with van der Waals surface area (Å²) in [7, 11) is -3.37. The van der Waals surface area contributed by atoms with Crippen molar-refractivity contribution in [1.29, 1.82) is 0 Å². The average Bonchev–Trinajstić information content (AvgIpc) is 2.48. The number of rotatable bonds is 5. The van der Waals surface area contributed by atoms with E-state index in [4.69, 9.17) is 16.3 Å². The lowest BCUT2D eigenvalue weighted by molar-refractivity contribution is 0.0730. The van der Waals surface area contributed by atoms with Gasteiger partial charge in [0.15, 0.2) is 0 Å². The van der Waals surface area contributed by atoms with Crippen molar-refractivity contribution in [2.24, 2.45) is 0 Å². The first kappa shape index (κ1) is 16.2. The van der Waals surface area contributed by atoms with Crippen LogP contribution in [0.2, 0.25) is 5.02 Å². The highest BCUT2D eigenvalue weighted by Crippen LogP contribution is 2.14. The minimum atomic E-state index is -3.37. The molecule has 0 bridgehead atoms. The van der Waals surface area contributed by atoms with Crippen LogP contribution in [0.15, 0.2) is 24.3 Å². The third kappa shape index (κ3) is 4.41. The van der Waals surface area contributed by atoms with Crippen molar-refractivity contribution in [3.8, 4) is 0 Å². The van der Waals surface area contributed by atoms with Gasteiger partial charge in [-0.25, -0.2) is 8.42 Å². The first-order valence-corrected chi connectivity index (χ1v) is 8.58. The second-order valence-electron chi connectivity index (χ2n) is 4.56. The van der Waals surface area contributed by atoms with Crippen LogP contribution in [0.25, 0.3) is 0 Å². The number of hydrogen-bond acceptors (Lipinski definition) is 4. The van der Waals surface area contributed by atoms with Crippen LogP contribution >= 0.6 is 11.6 Å². The van der Waals surface area contributed by atoms with E-state index in [2.05, 4.69) is 5.32 Å². The van der Waals surface area contributed by atoms with Gasteiger partial charge < -0.3 is 10.1 Å². The maximum absolute atomic E-state index is 12.1. The van der Waals surface area contributed by atoms with E-state index in [1.807, 2.05) is 0 Å². The third-order valence-electron chi connectivity index (χ3n) is 3.13. The van der Waals surface area contributed by atoms with Crippen LogP contribution in [-0.2, 0) is 14.8 Å². The molecule has 1 amide bonds. The summed E-state index contributed by atoms with van der Waals surface area (Å²) in [5.74, 6) is -0.513. The molecule has 1 heterocycles. The van der Waals surface area contributed by atoms with Gasteiger partial charge in [0.05, 0.1) is 29.6 Å². The van der Waals surface area contributed by atoms with Crippen LogP contribution in [-0.4, -0.2) is 57.2 Å². The maximum Gasteiger partial charge on any atom is 0.252 e. The van der Waals surface area contributed by atoms with Crippen molar-refractivity contribution in [1.82, 2.24) is 9.62 Å². The number of nitrogens with one attached hydrogen (secondary N) is 1. The monoisotopic (exact) mass is 332 g/mol. The zero-order valence-electron chi connectivity index (χ0n) is 11.4. The minimum Gasteiger partial charge on any atom is -0.379 e. The number of nitrogens with zero attached hydrogens (tertiary/aromatic N) is 1. The Bertz CT molecular complexity index is 600. The molecule has 1 aromatic rings. The molecule has 116 valence electrons. The normalized spacial score (nSPS) is 16.6. The Morgan fingerprint density at radius 3 is 2.62 bits per heavy atom. The zero-order chi connectivity index (χ0) is 15.3. The molecule has 6 nitrogen and oxygen atoms in total. The van der Waals surface area contributed by atoms with Crippen molar-refractivity contribution in [3.05, 3.63) is 34.9 Å². The van der Waals surface area contributed by atoms with Crippen LogP contribution in [0.3, 0.4) is 0 Å². The molecule has 0 aliphatic carbocycles. The second kappa shape index (κ2) is 7.22. The van der Waals surface area contributed by atoms with Gasteiger partial charge in [-0.15, -0.1) is 0 Å². The van der Waals surface area contributed by atoms with E-state index >= 15 is 0 Å². The van der Waals surface area contributed by atoms with E-state index in [1.54, 1.807) is 24.3 Å². The van der Waals surface area contributed by atoms with E-state index in [9.17, 15) is 13.2 Å². The fourth-order valence-electron chi connectivity index (χ4n) is 1.99. The topological polar surface area (TPSA) is 75.7 Å². The predicted molar refractivity (Wildman–Crippen MR) is 80.0 cm³/mol. The highest BCUT2D eigenvalue weighted by atomic mass is 35.5. The van der Waals surface area contributed by atoms with E-state index in [1.165, 1.54) is 4.31 Å². The van der Waals surface area contributed by atoms with Gasteiger partial charge >= 0.3 is 0 Å². The molecule has 0 aromatic heterocycles. The average molecular weight is 333 g/mol. The summed E-state index contributed by atoms with van der Waals surface area (Å²) >= 11 is 5.91. The third-order valence-corrected chi connectivity index (χ3v) is 5.33. The summed E-state index contributed by atoms with van der Waals surface area (Å²) in [5, 5.41) is 2.91. The number of morpholine rings is 1. The van der Waals surface area contributed by atoms with Gasteiger partial charge in [-0.05, 0) is 12.1 Å². The predicted octanol–water partition coefficient (Wildman–Crippen LogP) is 0.732. The SMILES string of the molecule is O=C(NCCS(=O)(=O)N1CCOCC1)c1ccccc1Cl. The number of hydrogen-bond donors (Lipinski definition) is 1. The first-order chi connectivity index (χ1) is 10.0. The van der Waals surface area contributed by atoms with Crippen molar-refractivity contribution in [3.63, 3.8) is 0 Å². The number of carbonyl (C=O) groups is 1. The standard InChI is InChI=1S/C13H17ClN2O4S/c14-12-4-2-1-3-11(12)13(17)15-5-10-21(18,19)16-6-8-20-9-7-16/h1-4H,5-10H2,(H,15,17). The Balaban J connectivity index is 1.86. The van der Waals surface area contributed by atoms with E-state index < -0.39 is 10.0 Å². The molecule has 1 N–H and O–H groups in total. The minimum absolute atomic E-state index is 0.0454. The van der Waals surface area contributed by atoms with Gasteiger partial charge in [0.1, 0.15) is 0 Å². The molecule has 8 heteroatoms. The van der Waals surface area contributed by atoms with Gasteiger partial charge in [0.2, 0.25) is 10.0 Å². The van der Waals surface area contributed by atoms with Crippen LogP contribution in [0, 0.1) is 0 Å². The van der Waals surface area contributed by atoms with Crippen LogP contribution in [0.5, 0.6) is 0 Å². The van der Waals surface area contributed by atoms with Crippen molar-refractivity contribution < 1.29 is 17.9 Å². The summed E-state index contributed by atoms with van der Waals surface area (Å²) in [6, 6.07) is 6.63. The Hall–Kier alpha value is -1.15. The van der Waals surface area contributed by atoms with Gasteiger partial charge in [-0.2, -0.15) is 4.31 Å². The highest BCUT2D eigenvalue weighted by Gasteiger charge is 2.24. The smallest absolute Gasteiger partial charge is 0.252 e. The number of halogens is 1. The van der Waals surface area contributed by atoms with E-state index in [0.717, 1.165) is 0 Å². The molecular formula is C13H17ClN2O4S. The van der Waals surface area contributed by atoms with Crippen LogP contribution in [0.4, 0.5) is 0 Å². The van der Waals surface area contributed by atoms with Gasteiger partial charge in [-0.3, -0.25) is 4.79 Å². The van der Waals surface area contributed by atoms with E-state index in [0.29, 0.717) is 36.9 Å². The molecule has 0 saturated carbocycles. The highest BCUT2D eigenvalue weighted by molar-refractivity contribution is 7.89. The Morgan fingerprint density at radius 2 is 1.95 bits per heavy atom. The zero-order valence-corrected chi connectivity index (χ0v) is 13.0. The molecule has 21 heavy (non-hydrogen) atoms. The molecule has 1 fully saturated rings. The molecule has 1 aliphatic heterocycles. The molecule has 0 radical (unpaired) electrons. The number of sulfonamides is 1. The molecule has 1 aliphatic rings. The lowest BCUT2D eigenvalue weighted by Gasteiger charge is -2.26. The Labute approximate surface area is 129 Å². The van der Waals surface area contributed by atoms with E-state index in [-0.39, 0.29) is 18.2 Å². The van der Waals surface area contributed by atoms with Gasteiger partial charge in [-0.1, -0.05) is 23.7 Å². The largest absolute Gasteiger partial charge is 0.379 e. The maximum atomic E-state index is 12.1. The number of amides is 1.